The van der Waals surface area contributed by atoms with Crippen molar-refractivity contribution in [1.82, 2.24) is 14.2 Å². The van der Waals surface area contributed by atoms with Crippen LogP contribution in [0.1, 0.15) is 12.8 Å². The highest BCUT2D eigenvalue weighted by Gasteiger charge is 2.54. The van der Waals surface area contributed by atoms with E-state index in [-0.39, 0.29) is 0 Å². The zero-order chi connectivity index (χ0) is 64.1. The Hall–Kier alpha value is -2.48. The van der Waals surface area contributed by atoms with Crippen LogP contribution in [0.2, 0.25) is 0 Å². The van der Waals surface area contributed by atoms with E-state index >= 15 is 0 Å². The maximum atomic E-state index is 12.6. The minimum absolute atomic E-state index is 0.761. The van der Waals surface area contributed by atoms with Gasteiger partial charge in [-0.25, -0.2) is 22.1 Å². The number of rotatable bonds is 30. The number of aliphatic carboxylic acids is 2. The van der Waals surface area contributed by atoms with E-state index in [1.165, 1.54) is 4.72 Å². The molecule has 5 heterocycles. The van der Waals surface area contributed by atoms with Crippen molar-refractivity contribution in [3.63, 3.8) is 0 Å². The van der Waals surface area contributed by atoms with Gasteiger partial charge in [0, 0.05) is 25.4 Å². The SMILES string of the molecule is CO[C@H]1OC(COS(=O)(=O)O)[C@@H](O[C@H]2C[C@H](O)[C@H](COC[C@H]3OC(COS(=O)(=O)O)[C@@H](O[C@@H]4OC(C(=O)O)[C@@H](COC[C@H]5OC(COS(=O)(=O)O)[C@@H](O)C(O)[C@@H]5NS(=O)(=O)O)C(O)[C@@H]4O)C[C@@H]3NS(=O)(=O)O)C(C(=O)O)O2)C(O)[C@@H]1NS(=O)(=O)O. The number of nitrogens with one attached hydrogen (secondary N) is 3. The predicted octanol–water partition coefficient (Wildman–Crippen LogP) is -10.8. The van der Waals surface area contributed by atoms with Gasteiger partial charge in [-0.3, -0.25) is 27.3 Å². The van der Waals surface area contributed by atoms with E-state index < -0.39 is 274 Å². The van der Waals surface area contributed by atoms with Gasteiger partial charge in [-0.1, -0.05) is 0 Å². The number of carboxylic acid groups (broad SMARTS) is 2. The number of carboxylic acids is 2. The Balaban J connectivity index is 1.30. The molecule has 5 fully saturated rings. The number of methoxy groups -OCH3 is 1. The highest BCUT2D eigenvalue weighted by Crippen LogP contribution is 2.35. The number of hydrogen-bond donors (Lipinski definition) is 17. The molecule has 17 N–H and O–H groups in total. The molecule has 23 atom stereocenters. The fourth-order valence-electron chi connectivity index (χ4n) is 9.41. The second-order valence-electron chi connectivity index (χ2n) is 19.0. The third-order valence-electron chi connectivity index (χ3n) is 13.1. The molecule has 5 saturated heterocycles. The summed E-state index contributed by atoms with van der Waals surface area (Å²) in [6, 6.07) is -5.79. The zero-order valence-corrected chi connectivity index (χ0v) is 47.8. The highest BCUT2D eigenvalue weighted by molar-refractivity contribution is 7.84. The summed E-state index contributed by atoms with van der Waals surface area (Å²) in [6.07, 6.45) is -38.5. The van der Waals surface area contributed by atoms with Gasteiger partial charge in [0.25, 0.3) is 0 Å². The third-order valence-corrected chi connectivity index (χ3v) is 16.2. The summed E-state index contributed by atoms with van der Waals surface area (Å²) in [7, 11) is -30.6. The molecule has 50 heteroatoms. The van der Waals surface area contributed by atoms with Gasteiger partial charge in [0.15, 0.2) is 31.1 Å². The summed E-state index contributed by atoms with van der Waals surface area (Å²) in [4.78, 5) is 25.1. The smallest absolute Gasteiger partial charge is 0.397 e. The van der Waals surface area contributed by atoms with Crippen molar-refractivity contribution < 1.29 is 188 Å². The molecular formula is C35H61N3O41S6. The van der Waals surface area contributed by atoms with Crippen molar-refractivity contribution in [2.45, 2.75) is 141 Å². The minimum Gasteiger partial charge on any atom is -0.479 e. The first-order chi connectivity index (χ1) is 38.9. The Morgan fingerprint density at radius 3 is 1.46 bits per heavy atom. The quantitative estimate of drug-likeness (QED) is 0.0297. The Kier molecular flexibility index (Phi) is 25.6. The number of ether oxygens (including phenoxy) is 10. The van der Waals surface area contributed by atoms with Crippen LogP contribution in [-0.4, -0.2) is 313 Å². The molecule has 8 unspecified atom stereocenters. The van der Waals surface area contributed by atoms with Crippen LogP contribution in [0.15, 0.2) is 0 Å². The molecule has 0 radical (unpaired) electrons. The number of carbonyl (C=O) groups is 2. The van der Waals surface area contributed by atoms with E-state index in [1.54, 1.807) is 9.44 Å². The van der Waals surface area contributed by atoms with Gasteiger partial charge in [0.1, 0.15) is 61.0 Å². The van der Waals surface area contributed by atoms with E-state index in [9.17, 15) is 119 Å². The molecule has 5 rings (SSSR count). The predicted molar refractivity (Wildman–Crippen MR) is 257 cm³/mol. The maximum Gasteiger partial charge on any atom is 0.397 e. The summed E-state index contributed by atoms with van der Waals surface area (Å²) >= 11 is 0. The average Bonchev–Trinajstić information content (AvgIpc) is 3.02. The van der Waals surface area contributed by atoms with Crippen molar-refractivity contribution in [2.75, 3.05) is 53.4 Å². The molecule has 0 spiro atoms. The van der Waals surface area contributed by atoms with Crippen LogP contribution in [0.4, 0.5) is 0 Å². The van der Waals surface area contributed by atoms with Crippen LogP contribution in [0.25, 0.3) is 0 Å². The van der Waals surface area contributed by atoms with E-state index in [1.807, 2.05) is 0 Å². The lowest BCUT2D eigenvalue weighted by Crippen LogP contribution is -2.66. The Labute approximate surface area is 481 Å². The number of aliphatic hydroxyl groups is 6. The summed E-state index contributed by atoms with van der Waals surface area (Å²) in [6.45, 7) is -7.49. The first-order valence-corrected chi connectivity index (χ1v) is 32.3. The second-order valence-corrected chi connectivity index (χ2v) is 25.9. The molecular weight excluding hydrogens is 1310 g/mol. The summed E-state index contributed by atoms with van der Waals surface area (Å²) < 4.78 is 268. The van der Waals surface area contributed by atoms with Gasteiger partial charge >= 0.3 is 74.0 Å². The Morgan fingerprint density at radius 2 is 0.941 bits per heavy atom. The first kappa shape index (κ1) is 73.3. The van der Waals surface area contributed by atoms with Gasteiger partial charge in [-0.2, -0.15) is 64.7 Å². The summed E-state index contributed by atoms with van der Waals surface area (Å²) in [5, 5.41) is 86.2. The molecule has 0 amide bonds. The largest absolute Gasteiger partial charge is 0.479 e. The molecule has 0 aromatic rings. The van der Waals surface area contributed by atoms with Crippen molar-refractivity contribution in [3.05, 3.63) is 0 Å². The standard InChI is InChI=1S/C35H61N3O41S6/c1-67-34-23(38-82(55,56)57)27(43)31(20(76-34)10-72-85(64,65)66)78-21-3-14(39)11(29(77-21)32(45)46)4-68-6-16-13(36-80(49,50)51)2-15(17(73-16)8-70-83(58,59)60)75-35-28(44)24(40)12(30(79-35)33(47)48)5-69-7-18-22(37-81(52,53)54)26(42)25(41)19(74-18)9-71-84(61,62)63/h11-31,34-44H,2-10H2,1H3,(H,45,46)(H,47,48)(H,49,50,51)(H,52,53,54)(H,55,56,57)(H,58,59,60)(H,61,62,63)(H,64,65,66)/t11-,12-,13-,14-,15-,16+,17?,18+,19?,20?,21-,22+,23-,24?,25+,26?,27?,28-,29?,30?,31+,34-,35+/m0/s1. The van der Waals surface area contributed by atoms with E-state index in [0.29, 0.717) is 0 Å². The van der Waals surface area contributed by atoms with Crippen LogP contribution in [-0.2, 0) is 132 Å². The highest BCUT2D eigenvalue weighted by atomic mass is 32.3. The fourth-order valence-corrected chi connectivity index (χ4v) is 12.2. The molecule has 0 aromatic carbocycles. The molecule has 0 aliphatic carbocycles. The first-order valence-electron chi connectivity index (χ1n) is 23.8. The summed E-state index contributed by atoms with van der Waals surface area (Å²) in [5.74, 6) is -7.29. The van der Waals surface area contributed by atoms with E-state index in [2.05, 4.69) is 12.5 Å². The zero-order valence-electron chi connectivity index (χ0n) is 42.9. The lowest BCUT2D eigenvalue weighted by Gasteiger charge is -2.46. The molecule has 0 aromatic heterocycles. The number of hydrogen-bond acceptors (Lipinski definition) is 33. The van der Waals surface area contributed by atoms with Gasteiger partial charge in [-0.05, 0) is 6.42 Å². The lowest BCUT2D eigenvalue weighted by molar-refractivity contribution is -0.318. The second kappa shape index (κ2) is 29.6. The van der Waals surface area contributed by atoms with Gasteiger partial charge in [-0.15, -0.1) is 0 Å². The van der Waals surface area contributed by atoms with Crippen molar-refractivity contribution >= 4 is 74.0 Å². The van der Waals surface area contributed by atoms with Gasteiger partial charge in [0.05, 0.1) is 82.7 Å². The molecule has 44 nitrogen and oxygen atoms in total. The normalized spacial score (nSPS) is 38.4. The van der Waals surface area contributed by atoms with E-state index in [0.717, 1.165) is 7.11 Å². The van der Waals surface area contributed by atoms with Gasteiger partial charge < -0.3 is 88.2 Å². The van der Waals surface area contributed by atoms with Crippen molar-refractivity contribution in [1.29, 1.82) is 0 Å². The van der Waals surface area contributed by atoms with Crippen molar-refractivity contribution in [2.24, 2.45) is 11.8 Å². The van der Waals surface area contributed by atoms with Crippen LogP contribution in [0, 0.1) is 11.8 Å². The van der Waals surface area contributed by atoms with Crippen LogP contribution < -0.4 is 14.2 Å². The topological polar surface area (TPSA) is 678 Å². The fraction of sp³-hybridized carbons (Fsp3) is 0.943. The molecule has 5 aliphatic rings. The molecule has 85 heavy (non-hydrogen) atoms. The number of aliphatic hydroxyl groups excluding tert-OH is 6. The van der Waals surface area contributed by atoms with E-state index in [4.69, 9.17) is 56.5 Å². The van der Waals surface area contributed by atoms with Crippen LogP contribution >= 0.6 is 0 Å². The minimum atomic E-state index is -5.39. The molecule has 5 aliphatic heterocycles. The Morgan fingerprint density at radius 1 is 0.459 bits per heavy atom. The molecule has 0 saturated carbocycles. The molecule has 0 bridgehead atoms. The van der Waals surface area contributed by atoms with Crippen molar-refractivity contribution in [3.8, 4) is 0 Å². The third kappa shape index (κ3) is 22.2. The Bertz CT molecular complexity index is 2940. The monoisotopic (exact) mass is 1370 g/mol. The lowest BCUT2D eigenvalue weighted by atomic mass is 9.89. The molecule has 498 valence electrons. The van der Waals surface area contributed by atoms with Crippen LogP contribution in [0.5, 0.6) is 0 Å². The van der Waals surface area contributed by atoms with Gasteiger partial charge in [0.2, 0.25) is 0 Å². The average molecular weight is 1370 g/mol. The maximum absolute atomic E-state index is 12.6. The summed E-state index contributed by atoms with van der Waals surface area (Å²) in [5.41, 5.74) is 0. The van der Waals surface area contributed by atoms with Crippen LogP contribution in [0.3, 0.4) is 0 Å².